The van der Waals surface area contributed by atoms with Gasteiger partial charge in [-0.15, -0.1) is 0 Å². The second-order valence-electron chi connectivity index (χ2n) is 6.25. The second kappa shape index (κ2) is 9.17. The van der Waals surface area contributed by atoms with Crippen LogP contribution in [-0.4, -0.2) is 25.9 Å². The van der Waals surface area contributed by atoms with Crippen molar-refractivity contribution in [1.82, 2.24) is 5.32 Å². The summed E-state index contributed by atoms with van der Waals surface area (Å²) in [4.78, 5) is 12.3. The molecule has 1 unspecified atom stereocenters. The first-order chi connectivity index (χ1) is 13.6. The largest absolute Gasteiger partial charge is 0.490 e. The number of carbonyl (C=O) groups is 1. The molecule has 1 aliphatic heterocycles. The molecule has 0 saturated heterocycles. The van der Waals surface area contributed by atoms with Crippen molar-refractivity contribution in [3.8, 4) is 23.0 Å². The lowest BCUT2D eigenvalue weighted by Crippen LogP contribution is -2.24. The van der Waals surface area contributed by atoms with Crippen molar-refractivity contribution in [2.24, 2.45) is 0 Å². The topological polar surface area (TPSA) is 66.0 Å². The zero-order valence-electron chi connectivity index (χ0n) is 16.4. The fourth-order valence-corrected chi connectivity index (χ4v) is 2.87. The van der Waals surface area contributed by atoms with E-state index < -0.39 is 0 Å². The number of hydrogen-bond donors (Lipinski definition) is 1. The number of fused-ring (bicyclic) bond motifs is 1. The summed E-state index contributed by atoms with van der Waals surface area (Å²) in [5.41, 5.74) is 1.81. The third-order valence-corrected chi connectivity index (χ3v) is 4.25. The Labute approximate surface area is 165 Å². The maximum atomic E-state index is 12.3. The lowest BCUT2D eigenvalue weighted by atomic mass is 10.1. The number of nitrogens with one attached hydrogen (secondary N) is 1. The highest BCUT2D eigenvalue weighted by Gasteiger charge is 2.16. The monoisotopic (exact) mass is 383 g/mol. The molecule has 148 valence electrons. The molecule has 28 heavy (non-hydrogen) atoms. The molecular weight excluding hydrogens is 358 g/mol. The van der Waals surface area contributed by atoms with Crippen LogP contribution in [0.1, 0.15) is 37.9 Å². The van der Waals surface area contributed by atoms with Crippen LogP contribution in [0.4, 0.5) is 0 Å². The number of benzene rings is 2. The lowest BCUT2D eigenvalue weighted by Gasteiger charge is -2.13. The van der Waals surface area contributed by atoms with Crippen LogP contribution in [0, 0.1) is 0 Å². The SMILES string of the molecule is CCOc1ccc(/C=C/C(=O)NC(C)c2ccc3c(c2)OCO3)cc1OCC. The third kappa shape index (κ3) is 4.76. The molecule has 3 rings (SSSR count). The molecule has 0 aromatic heterocycles. The molecule has 1 aliphatic rings. The molecule has 0 saturated carbocycles. The Balaban J connectivity index is 1.63. The minimum atomic E-state index is -0.183. The summed E-state index contributed by atoms with van der Waals surface area (Å²) in [6, 6.07) is 11.1. The van der Waals surface area contributed by atoms with Crippen molar-refractivity contribution in [2.45, 2.75) is 26.8 Å². The van der Waals surface area contributed by atoms with Gasteiger partial charge in [0.15, 0.2) is 23.0 Å². The average Bonchev–Trinajstić information content (AvgIpc) is 3.16. The highest BCUT2D eigenvalue weighted by atomic mass is 16.7. The molecule has 1 amide bonds. The van der Waals surface area contributed by atoms with E-state index in [1.807, 2.05) is 57.2 Å². The van der Waals surface area contributed by atoms with Crippen LogP contribution in [0.3, 0.4) is 0 Å². The van der Waals surface area contributed by atoms with Gasteiger partial charge in [0, 0.05) is 6.08 Å². The first kappa shape index (κ1) is 19.6. The molecular formula is C22H25NO5. The highest BCUT2D eigenvalue weighted by molar-refractivity contribution is 5.92. The van der Waals surface area contributed by atoms with E-state index in [2.05, 4.69) is 5.32 Å². The van der Waals surface area contributed by atoms with Gasteiger partial charge in [-0.3, -0.25) is 4.79 Å². The van der Waals surface area contributed by atoms with Crippen LogP contribution >= 0.6 is 0 Å². The van der Waals surface area contributed by atoms with Crippen LogP contribution in [0.2, 0.25) is 0 Å². The van der Waals surface area contributed by atoms with Crippen molar-refractivity contribution in [1.29, 1.82) is 0 Å². The van der Waals surface area contributed by atoms with Crippen molar-refractivity contribution in [3.05, 3.63) is 53.6 Å². The summed E-state index contributed by atoms with van der Waals surface area (Å²) in [5.74, 6) is 2.61. The molecule has 6 nitrogen and oxygen atoms in total. The minimum Gasteiger partial charge on any atom is -0.490 e. The Kier molecular flexibility index (Phi) is 6.42. The van der Waals surface area contributed by atoms with E-state index in [4.69, 9.17) is 18.9 Å². The first-order valence-corrected chi connectivity index (χ1v) is 9.38. The van der Waals surface area contributed by atoms with Crippen molar-refractivity contribution >= 4 is 12.0 Å². The molecule has 0 aliphatic carbocycles. The maximum Gasteiger partial charge on any atom is 0.244 e. The summed E-state index contributed by atoms with van der Waals surface area (Å²) in [6.45, 7) is 7.11. The minimum absolute atomic E-state index is 0.161. The Morgan fingerprint density at radius 3 is 2.61 bits per heavy atom. The molecule has 0 fully saturated rings. The standard InChI is InChI=1S/C22H25NO5/c1-4-25-18-9-6-16(12-20(18)26-5-2)7-11-22(24)23-15(3)17-8-10-19-21(13-17)28-14-27-19/h6-13,15H,4-5,14H2,1-3H3,(H,23,24)/b11-7+. The quantitative estimate of drug-likeness (QED) is 0.695. The number of carbonyl (C=O) groups excluding carboxylic acids is 1. The normalized spacial score (nSPS) is 13.4. The maximum absolute atomic E-state index is 12.3. The molecule has 2 aromatic rings. The van der Waals surface area contributed by atoms with Crippen LogP contribution in [-0.2, 0) is 4.79 Å². The van der Waals surface area contributed by atoms with Crippen LogP contribution in [0.5, 0.6) is 23.0 Å². The molecule has 2 aromatic carbocycles. The van der Waals surface area contributed by atoms with Gasteiger partial charge in [-0.05, 0) is 62.2 Å². The molecule has 0 bridgehead atoms. The summed E-state index contributed by atoms with van der Waals surface area (Å²) >= 11 is 0. The van der Waals surface area contributed by atoms with E-state index in [-0.39, 0.29) is 18.7 Å². The zero-order valence-corrected chi connectivity index (χ0v) is 16.4. The molecule has 6 heteroatoms. The summed E-state index contributed by atoms with van der Waals surface area (Å²) in [5, 5.41) is 2.95. The predicted molar refractivity (Wildman–Crippen MR) is 107 cm³/mol. The fourth-order valence-electron chi connectivity index (χ4n) is 2.87. The number of rotatable bonds is 8. The van der Waals surface area contributed by atoms with Gasteiger partial charge in [-0.2, -0.15) is 0 Å². The zero-order chi connectivity index (χ0) is 19.9. The molecule has 1 heterocycles. The number of hydrogen-bond acceptors (Lipinski definition) is 5. The number of amides is 1. The average molecular weight is 383 g/mol. The van der Waals surface area contributed by atoms with E-state index in [1.54, 1.807) is 6.08 Å². The first-order valence-electron chi connectivity index (χ1n) is 9.38. The van der Waals surface area contributed by atoms with Gasteiger partial charge in [-0.1, -0.05) is 12.1 Å². The van der Waals surface area contributed by atoms with Gasteiger partial charge in [0.2, 0.25) is 12.7 Å². The van der Waals surface area contributed by atoms with Gasteiger partial charge in [0.25, 0.3) is 0 Å². The van der Waals surface area contributed by atoms with Gasteiger partial charge >= 0.3 is 0 Å². The Hall–Kier alpha value is -3.15. The fraction of sp³-hybridized carbons (Fsp3) is 0.318. The molecule has 0 radical (unpaired) electrons. The highest BCUT2D eigenvalue weighted by Crippen LogP contribution is 2.34. The summed E-state index contributed by atoms with van der Waals surface area (Å²) in [7, 11) is 0. The third-order valence-electron chi connectivity index (χ3n) is 4.25. The molecule has 0 spiro atoms. The van der Waals surface area contributed by atoms with Crippen molar-refractivity contribution in [2.75, 3.05) is 20.0 Å². The Morgan fingerprint density at radius 1 is 1.07 bits per heavy atom. The summed E-state index contributed by atoms with van der Waals surface area (Å²) < 4.78 is 21.9. The van der Waals surface area contributed by atoms with E-state index in [1.165, 1.54) is 6.08 Å². The van der Waals surface area contributed by atoms with Gasteiger partial charge in [0.05, 0.1) is 19.3 Å². The summed E-state index contributed by atoms with van der Waals surface area (Å²) in [6.07, 6.45) is 3.26. The Bertz CT molecular complexity index is 862. The predicted octanol–water partition coefficient (Wildman–Crippen LogP) is 4.10. The van der Waals surface area contributed by atoms with Crippen LogP contribution in [0.15, 0.2) is 42.5 Å². The van der Waals surface area contributed by atoms with Crippen molar-refractivity contribution < 1.29 is 23.7 Å². The van der Waals surface area contributed by atoms with E-state index in [0.29, 0.717) is 30.5 Å². The Morgan fingerprint density at radius 2 is 1.82 bits per heavy atom. The van der Waals surface area contributed by atoms with E-state index in [9.17, 15) is 4.79 Å². The van der Waals surface area contributed by atoms with Crippen molar-refractivity contribution in [3.63, 3.8) is 0 Å². The van der Waals surface area contributed by atoms with E-state index in [0.717, 1.165) is 16.9 Å². The van der Waals surface area contributed by atoms with Crippen LogP contribution < -0.4 is 24.3 Å². The van der Waals surface area contributed by atoms with Gasteiger partial charge in [-0.25, -0.2) is 0 Å². The van der Waals surface area contributed by atoms with E-state index >= 15 is 0 Å². The molecule has 1 atom stereocenters. The van der Waals surface area contributed by atoms with Gasteiger partial charge in [0.1, 0.15) is 0 Å². The number of ether oxygens (including phenoxy) is 4. The smallest absolute Gasteiger partial charge is 0.244 e. The lowest BCUT2D eigenvalue weighted by molar-refractivity contribution is -0.117. The van der Waals surface area contributed by atoms with Gasteiger partial charge < -0.3 is 24.3 Å². The molecule has 1 N–H and O–H groups in total. The second-order valence-corrected chi connectivity index (χ2v) is 6.25. The van der Waals surface area contributed by atoms with Crippen LogP contribution in [0.25, 0.3) is 6.08 Å².